The summed E-state index contributed by atoms with van der Waals surface area (Å²) in [6.07, 6.45) is 1.73. The fourth-order valence-corrected chi connectivity index (χ4v) is 2.07. The average Bonchev–Trinajstić information content (AvgIpc) is 2.56. The van der Waals surface area contributed by atoms with E-state index in [1.54, 1.807) is 6.20 Å². The van der Waals surface area contributed by atoms with Gasteiger partial charge < -0.3 is 4.42 Å². The van der Waals surface area contributed by atoms with Crippen LogP contribution in [0.25, 0.3) is 11.5 Å². The summed E-state index contributed by atoms with van der Waals surface area (Å²) in [7, 11) is 0. The molecule has 0 bridgehead atoms. The largest absolute Gasteiger partial charge is 0.441 e. The molecule has 0 aliphatic carbocycles. The van der Waals surface area contributed by atoms with Gasteiger partial charge in [0.1, 0.15) is 5.76 Å². The van der Waals surface area contributed by atoms with E-state index < -0.39 is 0 Å². The standard InChI is InChI=1S/C10H7BrINO/c1-6-5-13-10(14-6)8-4-7(11)2-3-9(8)12/h2-5H,1H3. The minimum atomic E-state index is 0.674. The van der Waals surface area contributed by atoms with Crippen molar-refractivity contribution in [1.29, 1.82) is 0 Å². The van der Waals surface area contributed by atoms with Gasteiger partial charge in [-0.05, 0) is 47.7 Å². The lowest BCUT2D eigenvalue weighted by Crippen LogP contribution is -1.82. The zero-order valence-electron chi connectivity index (χ0n) is 7.42. The molecule has 0 N–H and O–H groups in total. The van der Waals surface area contributed by atoms with Crippen LogP contribution >= 0.6 is 38.5 Å². The fraction of sp³-hybridized carbons (Fsp3) is 0.100. The predicted octanol–water partition coefficient (Wildman–Crippen LogP) is 4.02. The monoisotopic (exact) mass is 363 g/mol. The van der Waals surface area contributed by atoms with E-state index in [1.807, 2.05) is 25.1 Å². The van der Waals surface area contributed by atoms with Crippen LogP contribution in [0.1, 0.15) is 5.76 Å². The van der Waals surface area contributed by atoms with Crippen LogP contribution in [0.2, 0.25) is 0 Å². The van der Waals surface area contributed by atoms with Crippen molar-refractivity contribution in [2.24, 2.45) is 0 Å². The number of aromatic nitrogens is 1. The maximum Gasteiger partial charge on any atom is 0.227 e. The zero-order valence-corrected chi connectivity index (χ0v) is 11.2. The molecule has 0 fully saturated rings. The molecule has 0 saturated heterocycles. The highest BCUT2D eigenvalue weighted by atomic mass is 127. The van der Waals surface area contributed by atoms with Crippen molar-refractivity contribution in [3.63, 3.8) is 0 Å². The maximum atomic E-state index is 5.47. The highest BCUT2D eigenvalue weighted by molar-refractivity contribution is 14.1. The van der Waals surface area contributed by atoms with Crippen LogP contribution in [0.5, 0.6) is 0 Å². The molecular formula is C10H7BrINO. The molecule has 1 aromatic heterocycles. The summed E-state index contributed by atoms with van der Waals surface area (Å²) in [4.78, 5) is 4.20. The molecule has 2 nitrogen and oxygen atoms in total. The number of hydrogen-bond acceptors (Lipinski definition) is 2. The summed E-state index contributed by atoms with van der Waals surface area (Å²) in [5.41, 5.74) is 1.02. The van der Waals surface area contributed by atoms with Gasteiger partial charge in [-0.25, -0.2) is 4.98 Å². The van der Waals surface area contributed by atoms with E-state index in [9.17, 15) is 0 Å². The van der Waals surface area contributed by atoms with Gasteiger partial charge in [-0.15, -0.1) is 0 Å². The fourth-order valence-electron chi connectivity index (χ4n) is 1.14. The number of aryl methyl sites for hydroxylation is 1. The molecule has 14 heavy (non-hydrogen) atoms. The molecule has 0 unspecified atom stereocenters. The Hall–Kier alpha value is -0.360. The van der Waals surface area contributed by atoms with E-state index in [1.165, 1.54) is 0 Å². The smallest absolute Gasteiger partial charge is 0.227 e. The Morgan fingerprint density at radius 3 is 2.86 bits per heavy atom. The van der Waals surface area contributed by atoms with Gasteiger partial charge in [0.15, 0.2) is 0 Å². The molecule has 0 aliphatic heterocycles. The van der Waals surface area contributed by atoms with Crippen LogP contribution in [0.4, 0.5) is 0 Å². The Balaban J connectivity index is 2.55. The molecule has 1 aromatic carbocycles. The van der Waals surface area contributed by atoms with Crippen molar-refractivity contribution in [2.75, 3.05) is 0 Å². The number of halogens is 2. The molecule has 0 spiro atoms. The lowest BCUT2D eigenvalue weighted by molar-refractivity contribution is 0.542. The van der Waals surface area contributed by atoms with E-state index in [0.717, 1.165) is 19.4 Å². The summed E-state index contributed by atoms with van der Waals surface area (Å²) >= 11 is 5.70. The number of hydrogen-bond donors (Lipinski definition) is 0. The minimum Gasteiger partial charge on any atom is -0.441 e. The lowest BCUT2D eigenvalue weighted by atomic mass is 10.2. The molecule has 4 heteroatoms. The van der Waals surface area contributed by atoms with Gasteiger partial charge in [0.05, 0.1) is 11.8 Å². The Morgan fingerprint density at radius 2 is 2.21 bits per heavy atom. The van der Waals surface area contributed by atoms with Crippen molar-refractivity contribution in [3.8, 4) is 11.5 Å². The molecule has 0 radical (unpaired) electrons. The first-order valence-corrected chi connectivity index (χ1v) is 5.92. The SMILES string of the molecule is Cc1cnc(-c2cc(Br)ccc2I)o1. The second-order valence-electron chi connectivity index (χ2n) is 2.90. The van der Waals surface area contributed by atoms with Crippen LogP contribution < -0.4 is 0 Å². The molecule has 0 amide bonds. The number of rotatable bonds is 1. The van der Waals surface area contributed by atoms with Gasteiger partial charge in [-0.3, -0.25) is 0 Å². The average molecular weight is 364 g/mol. The number of benzene rings is 1. The Morgan fingerprint density at radius 1 is 1.43 bits per heavy atom. The van der Waals surface area contributed by atoms with Gasteiger partial charge in [0.25, 0.3) is 0 Å². The first-order chi connectivity index (χ1) is 6.66. The van der Waals surface area contributed by atoms with Crippen LogP contribution in [-0.4, -0.2) is 4.98 Å². The van der Waals surface area contributed by atoms with Gasteiger partial charge in [0.2, 0.25) is 5.89 Å². The molecule has 2 aromatic rings. The van der Waals surface area contributed by atoms with Gasteiger partial charge in [-0.2, -0.15) is 0 Å². The Labute approximate surface area is 104 Å². The van der Waals surface area contributed by atoms with E-state index in [2.05, 4.69) is 43.5 Å². The predicted molar refractivity (Wildman–Crippen MR) is 67.1 cm³/mol. The third-order valence-corrected chi connectivity index (χ3v) is 3.21. The maximum absolute atomic E-state index is 5.47. The first-order valence-electron chi connectivity index (χ1n) is 4.04. The molecule has 72 valence electrons. The number of oxazole rings is 1. The normalized spacial score (nSPS) is 10.5. The Kier molecular flexibility index (Phi) is 2.92. The van der Waals surface area contributed by atoms with E-state index in [4.69, 9.17) is 4.42 Å². The van der Waals surface area contributed by atoms with Gasteiger partial charge in [-0.1, -0.05) is 15.9 Å². The second-order valence-corrected chi connectivity index (χ2v) is 4.98. The third kappa shape index (κ3) is 2.00. The van der Waals surface area contributed by atoms with Gasteiger partial charge >= 0.3 is 0 Å². The molecular weight excluding hydrogens is 357 g/mol. The molecule has 1 heterocycles. The highest BCUT2D eigenvalue weighted by Crippen LogP contribution is 2.27. The summed E-state index contributed by atoms with van der Waals surface area (Å²) in [6.45, 7) is 1.89. The summed E-state index contributed by atoms with van der Waals surface area (Å²) in [5.74, 6) is 1.50. The van der Waals surface area contributed by atoms with E-state index in [0.29, 0.717) is 5.89 Å². The highest BCUT2D eigenvalue weighted by Gasteiger charge is 2.08. The van der Waals surface area contributed by atoms with Crippen LogP contribution in [0, 0.1) is 10.5 Å². The zero-order chi connectivity index (χ0) is 10.1. The van der Waals surface area contributed by atoms with Gasteiger partial charge in [0, 0.05) is 8.04 Å². The minimum absolute atomic E-state index is 0.674. The number of nitrogens with zero attached hydrogens (tertiary/aromatic N) is 1. The van der Waals surface area contributed by atoms with E-state index >= 15 is 0 Å². The van der Waals surface area contributed by atoms with Crippen molar-refractivity contribution >= 4 is 38.5 Å². The molecule has 0 saturated carbocycles. The second kappa shape index (κ2) is 4.02. The third-order valence-electron chi connectivity index (χ3n) is 1.78. The Bertz CT molecular complexity index is 467. The van der Waals surface area contributed by atoms with Crippen LogP contribution in [0.15, 0.2) is 33.3 Å². The summed E-state index contributed by atoms with van der Waals surface area (Å²) < 4.78 is 7.63. The van der Waals surface area contributed by atoms with Crippen LogP contribution in [-0.2, 0) is 0 Å². The topological polar surface area (TPSA) is 26.0 Å². The summed E-state index contributed by atoms with van der Waals surface area (Å²) in [6, 6.07) is 6.04. The molecule has 2 rings (SSSR count). The quantitative estimate of drug-likeness (QED) is 0.715. The van der Waals surface area contributed by atoms with Crippen molar-refractivity contribution in [1.82, 2.24) is 4.98 Å². The van der Waals surface area contributed by atoms with E-state index in [-0.39, 0.29) is 0 Å². The molecule has 0 aliphatic rings. The van der Waals surface area contributed by atoms with Crippen molar-refractivity contribution < 1.29 is 4.42 Å². The summed E-state index contributed by atoms with van der Waals surface area (Å²) in [5, 5.41) is 0. The van der Waals surface area contributed by atoms with Crippen LogP contribution in [0.3, 0.4) is 0 Å². The lowest BCUT2D eigenvalue weighted by Gasteiger charge is -2.00. The van der Waals surface area contributed by atoms with Crippen molar-refractivity contribution in [2.45, 2.75) is 6.92 Å². The van der Waals surface area contributed by atoms with Crippen molar-refractivity contribution in [3.05, 3.63) is 38.2 Å². The first kappa shape index (κ1) is 10.2. The molecule has 0 atom stereocenters.